The third kappa shape index (κ3) is 38.6. The van der Waals surface area contributed by atoms with Crippen LogP contribution in [-0.4, -0.2) is 270 Å². The molecule has 0 saturated carbocycles. The molecular formula is C92H152N22O24. The summed E-state index contributed by atoms with van der Waals surface area (Å²) in [7, 11) is 0. The van der Waals surface area contributed by atoms with Gasteiger partial charge in [-0.1, -0.05) is 78.8 Å². The Balaban J connectivity index is 2.18. The summed E-state index contributed by atoms with van der Waals surface area (Å²) in [6.07, 6.45) is -2.13. The minimum atomic E-state index is -1.91. The normalized spacial score (nSPS) is 15.7. The third-order valence-corrected chi connectivity index (χ3v) is 23.1. The van der Waals surface area contributed by atoms with E-state index in [0.717, 1.165) is 5.56 Å². The largest absolute Gasteiger partial charge is 0.394 e. The molecule has 1 aromatic rings. The zero-order valence-electron chi connectivity index (χ0n) is 84.6. The van der Waals surface area contributed by atoms with Crippen molar-refractivity contribution in [1.29, 1.82) is 0 Å². The Labute approximate surface area is 806 Å². The van der Waals surface area contributed by atoms with Gasteiger partial charge in [0, 0.05) is 45.1 Å². The van der Waals surface area contributed by atoms with E-state index in [1.807, 2.05) is 0 Å². The maximum atomic E-state index is 14.6. The van der Waals surface area contributed by atoms with Crippen molar-refractivity contribution < 1.29 is 115 Å². The average Bonchev–Trinajstić information content (AvgIpc) is 1.59. The summed E-state index contributed by atoms with van der Waals surface area (Å²) in [5.74, 6) is -22.0. The molecule has 1 saturated heterocycles. The van der Waals surface area contributed by atoms with Gasteiger partial charge in [-0.25, -0.2) is 0 Å². The highest BCUT2D eigenvalue weighted by Gasteiger charge is 2.48. The fraction of sp³-hybridized carbons (Fsp3) is 0.685. The van der Waals surface area contributed by atoms with Gasteiger partial charge in [-0.15, -0.1) is 0 Å². The Kier molecular flexibility index (Phi) is 45.8. The van der Waals surface area contributed by atoms with Gasteiger partial charge in [0.05, 0.1) is 25.2 Å². The molecule has 1 fully saturated rings. The van der Waals surface area contributed by atoms with Crippen LogP contribution in [-0.2, 0) is 117 Å². The lowest BCUT2D eigenvalue weighted by Crippen LogP contribution is -2.66. The predicted molar refractivity (Wildman–Crippen MR) is 505 cm³/mol. The Morgan fingerprint density at radius 2 is 0.819 bits per heavy atom. The molecule has 25 N–H and O–H groups in total. The Morgan fingerprint density at radius 3 is 1.27 bits per heavy atom. The first-order valence-corrected chi connectivity index (χ1v) is 46.1. The minimum Gasteiger partial charge on any atom is -0.394 e. The molecule has 1 aliphatic heterocycles. The van der Waals surface area contributed by atoms with Crippen molar-refractivity contribution in [3.05, 3.63) is 35.9 Å². The average molecular weight is 1950 g/mol. The zero-order chi connectivity index (χ0) is 106. The van der Waals surface area contributed by atoms with Gasteiger partial charge in [0.2, 0.25) is 130 Å². The van der Waals surface area contributed by atoms with Crippen molar-refractivity contribution in [2.45, 2.75) is 362 Å². The number of nitrogens with zero attached hydrogens (tertiary/aromatic N) is 1. The highest BCUT2D eigenvalue weighted by molar-refractivity contribution is 6.05. The van der Waals surface area contributed by atoms with Gasteiger partial charge in [0.15, 0.2) is 5.78 Å². The van der Waals surface area contributed by atoms with Crippen molar-refractivity contribution >= 4 is 136 Å². The second kappa shape index (κ2) is 52.1. The lowest BCUT2D eigenvalue weighted by atomic mass is 9.90. The van der Waals surface area contributed by atoms with Crippen molar-refractivity contribution in [2.75, 3.05) is 19.7 Å². The van der Waals surface area contributed by atoms with Crippen molar-refractivity contribution in [3.8, 4) is 0 Å². The number of carbonyl (C=O) groups excluding carboxylic acids is 23. The third-order valence-electron chi connectivity index (χ3n) is 23.1. The molecule has 0 aromatic heterocycles. The lowest BCUT2D eigenvalue weighted by molar-refractivity contribution is -0.146. The number of carbonyl (C=O) groups is 23. The van der Waals surface area contributed by atoms with Crippen LogP contribution < -0.4 is 113 Å². The minimum absolute atomic E-state index is 0.00848. The molecular weight excluding hydrogens is 1800 g/mol. The number of amides is 22. The number of rotatable bonds is 56. The summed E-state index contributed by atoms with van der Waals surface area (Å²) in [4.78, 5) is 313. The number of Topliss-reactive ketones (excluding diaryl/α,β-unsaturated/α-hetero) is 1. The highest BCUT2D eigenvalue weighted by Crippen LogP contribution is 2.26. The van der Waals surface area contributed by atoms with Gasteiger partial charge >= 0.3 is 0 Å². The summed E-state index contributed by atoms with van der Waals surface area (Å²) in [5.41, 5.74) is 3.11. The topological polar surface area (TPSA) is 711 Å². The van der Waals surface area contributed by atoms with Gasteiger partial charge in [0.1, 0.15) is 92.6 Å². The number of nitrogens with one attached hydrogen (secondary N) is 18. The number of nitrogens with two attached hydrogens (primary N) is 3. The molecule has 22 amide bonds. The van der Waals surface area contributed by atoms with E-state index in [0.29, 0.717) is 6.42 Å². The predicted octanol–water partition coefficient (Wildman–Crippen LogP) is -3.95. The maximum Gasteiger partial charge on any atom is 0.248 e. The number of ketones is 1. The number of primary amides is 3. The van der Waals surface area contributed by atoms with E-state index >= 15 is 0 Å². The van der Waals surface area contributed by atoms with Gasteiger partial charge in [0.25, 0.3) is 0 Å². The first-order chi connectivity index (χ1) is 63.2. The number of hydrogen-bond donors (Lipinski definition) is 22. The molecule has 12 atom stereocenters. The molecule has 1 heterocycles. The maximum absolute atomic E-state index is 14.6. The molecule has 0 radical (unpaired) electrons. The van der Waals surface area contributed by atoms with E-state index in [9.17, 15) is 115 Å². The van der Waals surface area contributed by atoms with Crippen LogP contribution in [0.15, 0.2) is 30.3 Å². The van der Waals surface area contributed by atoms with Gasteiger partial charge in [-0.05, 0) is 199 Å². The van der Waals surface area contributed by atoms with Crippen LogP contribution in [0.25, 0.3) is 0 Å². The smallest absolute Gasteiger partial charge is 0.248 e. The molecule has 46 heteroatoms. The molecule has 0 bridgehead atoms. The molecule has 1 aromatic carbocycles. The molecule has 1 aliphatic rings. The van der Waals surface area contributed by atoms with Gasteiger partial charge < -0.3 is 123 Å². The molecule has 46 nitrogen and oxygen atoms in total. The second-order valence-corrected chi connectivity index (χ2v) is 40.3. The summed E-state index contributed by atoms with van der Waals surface area (Å²) < 4.78 is 0. The number of hydrogen-bond acceptors (Lipinski definition) is 24. The van der Waals surface area contributed by atoms with Crippen molar-refractivity contribution in [2.24, 2.45) is 40.9 Å². The fourth-order valence-electron chi connectivity index (χ4n) is 14.1. The zero-order valence-corrected chi connectivity index (χ0v) is 84.6. The van der Waals surface area contributed by atoms with Crippen LogP contribution in [0.1, 0.15) is 256 Å². The summed E-state index contributed by atoms with van der Waals surface area (Å²) in [6.45, 7) is 35.2. The van der Waals surface area contributed by atoms with E-state index in [4.69, 9.17) is 17.2 Å². The second-order valence-electron chi connectivity index (χ2n) is 40.3. The van der Waals surface area contributed by atoms with Crippen LogP contribution in [0.4, 0.5) is 0 Å². The molecule has 774 valence electrons. The van der Waals surface area contributed by atoms with Crippen molar-refractivity contribution in [1.82, 2.24) is 101 Å². The quantitative estimate of drug-likeness (QED) is 0.0296. The van der Waals surface area contributed by atoms with Gasteiger partial charge in [-0.2, -0.15) is 0 Å². The number of aliphatic hydroxyl groups excluding tert-OH is 1. The van der Waals surface area contributed by atoms with Crippen LogP contribution in [0.2, 0.25) is 0 Å². The fourth-order valence-corrected chi connectivity index (χ4v) is 14.1. The Bertz CT molecular complexity index is 4620. The molecule has 2 rings (SSSR count). The van der Waals surface area contributed by atoms with E-state index in [1.165, 1.54) is 136 Å². The van der Waals surface area contributed by atoms with Crippen LogP contribution in [0, 0.1) is 23.7 Å². The first-order valence-electron chi connectivity index (χ1n) is 46.1. The molecule has 0 unspecified atom stereocenters. The first kappa shape index (κ1) is 121. The monoisotopic (exact) mass is 1950 g/mol. The summed E-state index contributed by atoms with van der Waals surface area (Å²) in [6, 6.07) is -4.17. The molecule has 138 heavy (non-hydrogen) atoms. The van der Waals surface area contributed by atoms with E-state index < -0.39 is 297 Å². The number of benzene rings is 1. The Hall–Kier alpha value is -12.8. The van der Waals surface area contributed by atoms with Crippen LogP contribution >= 0.6 is 0 Å². The summed E-state index contributed by atoms with van der Waals surface area (Å²) in [5, 5.41) is 56.0. The number of likely N-dealkylation sites (tertiary alicyclic amines) is 1. The molecule has 0 aliphatic carbocycles. The lowest BCUT2D eigenvalue weighted by Gasteiger charge is -2.36. The standard InChI is InChI=1S/C92H152N22O24/c1-27-92(26,83(137)103-57(36-39-63(94)119)61(117)44-55(35-38-62(93)118)71(125)100-56(46-115)43-54-32-29-28-30-33-54)113-82(136)90(22,23)112-75(129)66(48(4)5)104-74(128)60-34-31-41-114(60)84(138)91(24,25)110-73(127)59(42-47(2)3)101-65(121)45-96-77(131)85(12,13)111-76(130)67(49(6)7)105-81(135)89(20,21)109-72(126)58(37-40-64(95)120)102-68(122)50(8)97-79(133)87(16,17)107-70(124)52(10)99-80(134)88(18,19)108-69(123)51(9)98-78(132)86(14,15)106-53(11)116/h28-30,32-33,47-52,55-60,66-67,115H,27,31,34-46H2,1-26H3,(H2,93,118)(H2,94,119)(H2,95,120)(H,96,131)(H,97,133)(H,98,132)(H,99,134)(H,100,125)(H,101,121)(H,102,122)(H,103,137)(H,104,128)(H,105,135)(H,106,116)(H,107,124)(H,108,123)(H,109,126)(H,110,127)(H,111,130)(H,112,129)(H,113,136)/t50-,51-,52+,55+,56-,57-,58-,59-,60+,66+,67+,92+/m0/s1. The molecule has 0 spiro atoms. The highest BCUT2D eigenvalue weighted by atomic mass is 16.3. The SMILES string of the molecule is CC[C@@](C)(NC(=O)C(C)(C)NC(=O)[C@H](NC(=O)[C@H]1CCCN1C(=O)C(C)(C)NC(=O)[C@H](CC(C)C)NC(=O)CNC(=O)C(C)(C)NC(=O)[C@H](NC(=O)C(C)(C)NC(=O)[C@H](CCC(N)=O)NC(=O)[C@H](C)NC(=O)C(C)(C)NC(=O)[C@@H](C)NC(=O)C(C)(C)NC(=O)[C@H](C)NC(=O)C(C)(C)NC(C)=O)C(C)C)C(C)C)C(=O)N[C@@H](CCC(N)=O)C(=O)C[C@@H](CCC(N)=O)C(=O)N[C@H](CO)Cc1ccccc1. The summed E-state index contributed by atoms with van der Waals surface area (Å²) >= 11 is 0. The van der Waals surface area contributed by atoms with Crippen molar-refractivity contribution in [3.63, 3.8) is 0 Å². The number of aliphatic hydroxyl groups is 1. The van der Waals surface area contributed by atoms with E-state index in [2.05, 4.69) is 95.7 Å². The Morgan fingerprint density at radius 1 is 0.413 bits per heavy atom. The van der Waals surface area contributed by atoms with Crippen LogP contribution in [0.5, 0.6) is 0 Å². The van der Waals surface area contributed by atoms with E-state index in [1.54, 1.807) is 78.8 Å². The van der Waals surface area contributed by atoms with E-state index in [-0.39, 0.29) is 57.4 Å². The van der Waals surface area contributed by atoms with Crippen LogP contribution in [0.3, 0.4) is 0 Å². The van der Waals surface area contributed by atoms with Gasteiger partial charge in [-0.3, -0.25) is 110 Å².